The summed E-state index contributed by atoms with van der Waals surface area (Å²) < 4.78 is 0. The second-order valence-corrected chi connectivity index (χ2v) is 25.3. The van der Waals surface area contributed by atoms with Gasteiger partial charge in [-0.05, 0) is 327 Å². The van der Waals surface area contributed by atoms with Crippen molar-refractivity contribution >= 4 is 297 Å². The van der Waals surface area contributed by atoms with Crippen LogP contribution in [0.3, 0.4) is 0 Å². The van der Waals surface area contributed by atoms with Crippen molar-refractivity contribution < 1.29 is 4.79 Å². The van der Waals surface area contributed by atoms with Crippen molar-refractivity contribution in [1.29, 1.82) is 0 Å². The zero-order chi connectivity index (χ0) is 40.6. The third-order valence-electron chi connectivity index (χ3n) is 25.6. The fraction of sp³-hybridized carbons (Fsp3) is 0.106. The minimum atomic E-state index is -0.419. The highest BCUT2D eigenvalue weighted by Crippen LogP contribution is 2.92. The van der Waals surface area contributed by atoms with Gasteiger partial charge in [-0.3, -0.25) is 4.79 Å². The van der Waals surface area contributed by atoms with E-state index < -0.39 is 10.8 Å². The standard InChI is InChI=1S/C66H11NO/c1-3-67(4-2)64(68)63-65-59-51-43-33-23-15-7-5-6-9-13-11(7)19-27-21(13)31-25-17(9)18-10(6)14-12-8(5)16(15)24-30-20(12)28-22(14)32-26(18)36-35(25)45-39(31)49-41(27)47(37(43)29(19)23)55(59)57(49)61-53(45)54-46(36)40(32)50-42(28)48-38(30)44(34(24)33)52(51)60(65)56(48)58(50)62(54)66(61,63)65/h63H,3-4H2,1-2H3. The molecule has 0 bridgehead atoms. The summed E-state index contributed by atoms with van der Waals surface area (Å²) >= 11 is 0. The van der Waals surface area contributed by atoms with Crippen molar-refractivity contribution in [2.24, 2.45) is 5.92 Å². The summed E-state index contributed by atoms with van der Waals surface area (Å²) in [6, 6.07) is 0. The topological polar surface area (TPSA) is 20.3 Å². The molecule has 0 heterocycles. The number of amides is 1. The summed E-state index contributed by atoms with van der Waals surface area (Å²) in [6.45, 7) is 6.01. The van der Waals surface area contributed by atoms with Gasteiger partial charge in [0.1, 0.15) is 0 Å². The number of carbonyl (C=O) groups is 1. The molecule has 0 aromatic heterocycles. The molecule has 0 atom stereocenters. The van der Waals surface area contributed by atoms with E-state index in [4.69, 9.17) is 0 Å². The molecule has 2 heteroatoms. The minimum Gasteiger partial charge on any atom is -0.343 e. The number of hydrogen-bond acceptors (Lipinski definition) is 1. The van der Waals surface area contributed by atoms with Crippen molar-refractivity contribution in [3.05, 3.63) is 22.3 Å². The Balaban J connectivity index is 1.20. The lowest BCUT2D eigenvalue weighted by molar-refractivity contribution is -0.132. The molecule has 28 aromatic carbocycles. The Labute approximate surface area is 370 Å². The number of benzene rings is 18. The molecule has 2 nitrogen and oxygen atoms in total. The lowest BCUT2D eigenvalue weighted by Gasteiger charge is -2.32. The van der Waals surface area contributed by atoms with Crippen LogP contribution in [0.2, 0.25) is 0 Å². The Kier molecular flexibility index (Phi) is 2.05. The fourth-order valence-corrected chi connectivity index (χ4v) is 25.5. The van der Waals surface area contributed by atoms with Crippen LogP contribution in [0.15, 0.2) is 0 Å². The highest BCUT2D eigenvalue weighted by molar-refractivity contribution is 6.82. The van der Waals surface area contributed by atoms with E-state index in [1.54, 1.807) is 313 Å². The zero-order valence-electron chi connectivity index (χ0n) is 35.3. The molecule has 68 heavy (non-hydrogen) atoms. The average Bonchev–Trinajstić information content (AvgIpc) is 4.36. The van der Waals surface area contributed by atoms with Crippen LogP contribution in [-0.4, -0.2) is 23.9 Å². The van der Waals surface area contributed by atoms with Crippen LogP contribution in [0.25, 0.3) is 291 Å². The summed E-state index contributed by atoms with van der Waals surface area (Å²) in [5, 5.41) is 87.4. The molecule has 286 valence electrons. The first-order chi connectivity index (χ1) is 33.8. The SMILES string of the molecule is CCN(CC)C(=O)C1C23c4c5c6c7c8c9c(c%10c%11c2c2c4c4c%12c5c5c6c6c8c8c%13c9c9c%10c%10c%11c%11c2c2c4c4c%12c%12c5c5c6c8c6c8c%13c9c9c%10c%10c%11c2c2c4c4c%12c5c6c5c8c9c%10c2c45)C713. The Hall–Kier alpha value is -8.07. The maximum atomic E-state index is 16.6. The van der Waals surface area contributed by atoms with Gasteiger partial charge in [-0.15, -0.1) is 0 Å². The minimum absolute atomic E-state index is 0.150. The van der Waals surface area contributed by atoms with Gasteiger partial charge in [0.2, 0.25) is 5.91 Å². The van der Waals surface area contributed by atoms with E-state index in [2.05, 4.69) is 18.7 Å². The normalized spacial score (nSPS) is 23.6. The summed E-state index contributed by atoms with van der Waals surface area (Å²) in [5.41, 5.74) is 5.66. The van der Waals surface area contributed by atoms with E-state index in [9.17, 15) is 0 Å². The van der Waals surface area contributed by atoms with Crippen LogP contribution in [0, 0.1) is 5.92 Å². The lowest BCUT2D eigenvalue weighted by atomic mass is 9.68. The average molecular weight is 834 g/mol. The van der Waals surface area contributed by atoms with Crippen LogP contribution in [0.4, 0.5) is 0 Å². The number of hydrogen-bond donors (Lipinski definition) is 0. The van der Waals surface area contributed by atoms with Crippen molar-refractivity contribution in [2.45, 2.75) is 24.7 Å². The molecular weight excluding hydrogens is 823 g/mol. The highest BCUT2D eigenvalue weighted by atomic mass is 16.2. The molecule has 1 fully saturated rings. The number of rotatable bonds is 3. The molecule has 1 amide bonds. The maximum Gasteiger partial charge on any atom is 0.228 e. The Morgan fingerprint density at radius 1 is 0.250 bits per heavy atom. The van der Waals surface area contributed by atoms with Crippen LogP contribution < -0.4 is 0 Å². The lowest BCUT2D eigenvalue weighted by Crippen LogP contribution is -2.34. The van der Waals surface area contributed by atoms with E-state index in [-0.39, 0.29) is 5.92 Å². The van der Waals surface area contributed by atoms with Crippen LogP contribution in [-0.2, 0) is 15.6 Å². The van der Waals surface area contributed by atoms with E-state index in [1.807, 2.05) is 0 Å². The molecule has 0 aliphatic heterocycles. The second-order valence-electron chi connectivity index (χ2n) is 25.3. The molecule has 0 unspecified atom stereocenters. The first kappa shape index (κ1) is 25.2. The third-order valence-corrected chi connectivity index (χ3v) is 25.6. The van der Waals surface area contributed by atoms with Gasteiger partial charge >= 0.3 is 0 Å². The second kappa shape index (κ2) is 5.54. The van der Waals surface area contributed by atoms with Gasteiger partial charge in [-0.25, -0.2) is 0 Å². The molecule has 2 spiro atoms. The Bertz CT molecular complexity index is 6570. The van der Waals surface area contributed by atoms with Gasteiger partial charge in [0.15, 0.2) is 0 Å². The predicted molar refractivity (Wildman–Crippen MR) is 285 cm³/mol. The fourth-order valence-electron chi connectivity index (χ4n) is 25.5. The van der Waals surface area contributed by atoms with E-state index >= 15 is 4.79 Å². The van der Waals surface area contributed by atoms with E-state index in [1.165, 1.54) is 0 Å². The van der Waals surface area contributed by atoms with Crippen LogP contribution >= 0.6 is 0 Å². The molecule has 28 aromatic rings. The summed E-state index contributed by atoms with van der Waals surface area (Å²) in [7, 11) is 0. The predicted octanol–water partition coefficient (Wildman–Crippen LogP) is 16.8. The van der Waals surface area contributed by atoms with Gasteiger partial charge in [-0.2, -0.15) is 0 Å². The summed E-state index contributed by atoms with van der Waals surface area (Å²) in [4.78, 5) is 18.9. The third kappa shape index (κ3) is 1.25. The first-order valence-corrected chi connectivity index (χ1v) is 25.8. The van der Waals surface area contributed by atoms with E-state index in [0.29, 0.717) is 5.91 Å². The Morgan fingerprint density at radius 3 is 0.485 bits per heavy atom. The molecule has 0 radical (unpaired) electrons. The highest BCUT2D eigenvalue weighted by Gasteiger charge is 2.89. The van der Waals surface area contributed by atoms with Gasteiger partial charge < -0.3 is 4.90 Å². The van der Waals surface area contributed by atoms with Gasteiger partial charge in [-0.1, -0.05) is 0 Å². The van der Waals surface area contributed by atoms with E-state index in [0.717, 1.165) is 13.1 Å². The largest absolute Gasteiger partial charge is 0.343 e. The maximum absolute atomic E-state index is 16.6. The van der Waals surface area contributed by atoms with Crippen molar-refractivity contribution in [3.8, 4) is 0 Å². The molecular formula is C66H11NO. The summed E-state index contributed by atoms with van der Waals surface area (Å²) in [6.07, 6.45) is 0. The first-order valence-electron chi connectivity index (χ1n) is 25.8. The van der Waals surface area contributed by atoms with Crippen LogP contribution in [0.5, 0.6) is 0 Å². The molecule has 0 N–H and O–H groups in total. The number of carbonyl (C=O) groups excluding carboxylic acids is 1. The van der Waals surface area contributed by atoms with Gasteiger partial charge in [0.25, 0.3) is 0 Å². The zero-order valence-corrected chi connectivity index (χ0v) is 35.3. The molecule has 5 aliphatic carbocycles. The smallest absolute Gasteiger partial charge is 0.228 e. The molecule has 33 rings (SSSR count). The number of nitrogens with zero attached hydrogens (tertiary/aromatic N) is 1. The monoisotopic (exact) mass is 833 g/mol. The van der Waals surface area contributed by atoms with Crippen molar-refractivity contribution in [2.75, 3.05) is 13.1 Å². The summed E-state index contributed by atoms with van der Waals surface area (Å²) in [5.74, 6) is 0.272. The molecule has 0 saturated heterocycles. The quantitative estimate of drug-likeness (QED) is 0.162. The molecule has 5 aliphatic rings. The van der Waals surface area contributed by atoms with Crippen LogP contribution in [0.1, 0.15) is 36.1 Å². The van der Waals surface area contributed by atoms with Crippen molar-refractivity contribution in [3.63, 3.8) is 0 Å². The van der Waals surface area contributed by atoms with Gasteiger partial charge in [0.05, 0.1) is 16.7 Å². The molecule has 1 saturated carbocycles. The van der Waals surface area contributed by atoms with Gasteiger partial charge in [0, 0.05) is 13.1 Å². The Morgan fingerprint density at radius 2 is 0.368 bits per heavy atom. The van der Waals surface area contributed by atoms with Crippen molar-refractivity contribution in [1.82, 2.24) is 4.90 Å².